The molecule has 1 fully saturated rings. The number of hydrogen-bond acceptors (Lipinski definition) is 4. The minimum Gasteiger partial charge on any atom is -0.507 e. The first-order valence-corrected chi connectivity index (χ1v) is 7.50. The molecule has 1 aliphatic heterocycles. The molecule has 1 aromatic carbocycles. The third-order valence-corrected chi connectivity index (χ3v) is 3.78. The second kappa shape index (κ2) is 7.50. The van der Waals surface area contributed by atoms with Crippen LogP contribution in [0.4, 0.5) is 0 Å². The lowest BCUT2D eigenvalue weighted by atomic mass is 9.98. The Hall–Kier alpha value is -1.26. The maximum absolute atomic E-state index is 10.1. The average Bonchev–Trinajstić information content (AvgIpc) is 2.48. The zero-order valence-electron chi connectivity index (χ0n) is 12.2. The fraction of sp³-hybridized carbons (Fsp3) is 0.625. The molecule has 4 heteroatoms. The summed E-state index contributed by atoms with van der Waals surface area (Å²) in [6.07, 6.45) is 3.17. The molecule has 20 heavy (non-hydrogen) atoms. The van der Waals surface area contributed by atoms with E-state index in [-0.39, 0.29) is 6.61 Å². The number of phenols is 1. The van der Waals surface area contributed by atoms with Gasteiger partial charge in [-0.25, -0.2) is 0 Å². The van der Waals surface area contributed by atoms with Crippen LogP contribution >= 0.6 is 0 Å². The van der Waals surface area contributed by atoms with E-state index in [1.54, 1.807) is 6.07 Å². The van der Waals surface area contributed by atoms with E-state index in [0.29, 0.717) is 18.3 Å². The van der Waals surface area contributed by atoms with Crippen molar-refractivity contribution in [3.63, 3.8) is 0 Å². The van der Waals surface area contributed by atoms with Gasteiger partial charge in [-0.1, -0.05) is 13.0 Å². The van der Waals surface area contributed by atoms with E-state index in [2.05, 4.69) is 11.8 Å². The quantitative estimate of drug-likeness (QED) is 0.839. The number of aromatic hydroxyl groups is 1. The number of aliphatic hydroxyl groups excluding tert-OH is 1. The van der Waals surface area contributed by atoms with Gasteiger partial charge in [0, 0.05) is 31.3 Å². The molecular weight excluding hydrogens is 254 g/mol. The van der Waals surface area contributed by atoms with Gasteiger partial charge >= 0.3 is 0 Å². The topological polar surface area (TPSA) is 52.9 Å². The Morgan fingerprint density at radius 1 is 1.40 bits per heavy atom. The first-order valence-electron chi connectivity index (χ1n) is 7.50. The van der Waals surface area contributed by atoms with Crippen LogP contribution in [-0.2, 0) is 6.54 Å². The number of aliphatic hydroxyl groups is 1. The molecule has 112 valence electrons. The molecule has 1 aromatic rings. The van der Waals surface area contributed by atoms with Gasteiger partial charge in [0.05, 0.1) is 6.61 Å². The second-order valence-corrected chi connectivity index (χ2v) is 5.56. The second-order valence-electron chi connectivity index (χ2n) is 5.56. The summed E-state index contributed by atoms with van der Waals surface area (Å²) in [6.45, 7) is 5.65. The molecule has 0 aromatic heterocycles. The lowest BCUT2D eigenvalue weighted by molar-refractivity contribution is 0.115. The number of nitrogens with zero attached hydrogens (tertiary/aromatic N) is 1. The van der Waals surface area contributed by atoms with Crippen LogP contribution in [0.1, 0.15) is 31.7 Å². The molecule has 0 bridgehead atoms. The van der Waals surface area contributed by atoms with Crippen molar-refractivity contribution in [1.29, 1.82) is 0 Å². The molecule has 1 heterocycles. The van der Waals surface area contributed by atoms with Crippen LogP contribution in [0.15, 0.2) is 18.2 Å². The van der Waals surface area contributed by atoms with E-state index in [0.717, 1.165) is 50.2 Å². The largest absolute Gasteiger partial charge is 0.507 e. The number of likely N-dealkylation sites (tertiary alicyclic amines) is 1. The number of ether oxygens (including phenoxy) is 1. The number of piperidine rings is 1. The van der Waals surface area contributed by atoms with E-state index in [1.807, 2.05) is 12.1 Å². The van der Waals surface area contributed by atoms with Crippen molar-refractivity contribution >= 4 is 0 Å². The maximum atomic E-state index is 10.1. The highest BCUT2D eigenvalue weighted by Crippen LogP contribution is 2.26. The highest BCUT2D eigenvalue weighted by atomic mass is 16.5. The summed E-state index contributed by atoms with van der Waals surface area (Å²) in [5.74, 6) is 1.39. The Morgan fingerprint density at radius 3 is 2.95 bits per heavy atom. The predicted octanol–water partition coefficient (Wildman–Crippen LogP) is 2.39. The number of hydrogen-bond donors (Lipinski definition) is 2. The smallest absolute Gasteiger partial charge is 0.123 e. The molecule has 1 atom stereocenters. The van der Waals surface area contributed by atoms with Crippen molar-refractivity contribution in [3.05, 3.63) is 23.8 Å². The van der Waals surface area contributed by atoms with Crippen LogP contribution in [0, 0.1) is 5.92 Å². The van der Waals surface area contributed by atoms with Crippen molar-refractivity contribution in [2.45, 2.75) is 32.7 Å². The van der Waals surface area contributed by atoms with Crippen molar-refractivity contribution in [1.82, 2.24) is 4.90 Å². The summed E-state index contributed by atoms with van der Waals surface area (Å²) in [7, 11) is 0. The summed E-state index contributed by atoms with van der Waals surface area (Å²) in [5.41, 5.74) is 0.924. The number of rotatable bonds is 6. The van der Waals surface area contributed by atoms with E-state index in [9.17, 15) is 10.2 Å². The fourth-order valence-electron chi connectivity index (χ4n) is 2.67. The Morgan fingerprint density at radius 2 is 2.25 bits per heavy atom. The lowest BCUT2D eigenvalue weighted by Crippen LogP contribution is -2.36. The monoisotopic (exact) mass is 279 g/mol. The van der Waals surface area contributed by atoms with Crippen LogP contribution < -0.4 is 4.74 Å². The van der Waals surface area contributed by atoms with Crippen molar-refractivity contribution in [3.8, 4) is 11.5 Å². The van der Waals surface area contributed by atoms with Gasteiger partial charge in [-0.2, -0.15) is 0 Å². The molecule has 1 unspecified atom stereocenters. The van der Waals surface area contributed by atoms with Crippen molar-refractivity contribution < 1.29 is 14.9 Å². The zero-order valence-corrected chi connectivity index (χ0v) is 12.2. The molecular formula is C16H25NO3. The van der Waals surface area contributed by atoms with Gasteiger partial charge in [0.25, 0.3) is 0 Å². The third-order valence-electron chi connectivity index (χ3n) is 3.78. The predicted molar refractivity (Wildman–Crippen MR) is 79.0 cm³/mol. The Bertz CT molecular complexity index is 422. The summed E-state index contributed by atoms with van der Waals surface area (Å²) in [4.78, 5) is 2.30. The van der Waals surface area contributed by atoms with Gasteiger partial charge in [-0.05, 0) is 37.8 Å². The highest BCUT2D eigenvalue weighted by molar-refractivity contribution is 5.39. The van der Waals surface area contributed by atoms with Gasteiger partial charge < -0.3 is 14.9 Å². The summed E-state index contributed by atoms with van der Waals surface area (Å²) in [5, 5.41) is 19.3. The van der Waals surface area contributed by atoms with Crippen LogP contribution in [0.25, 0.3) is 0 Å². The van der Waals surface area contributed by atoms with Gasteiger partial charge in [0.1, 0.15) is 11.5 Å². The maximum Gasteiger partial charge on any atom is 0.123 e. The molecule has 0 spiro atoms. The minimum absolute atomic E-state index is 0.256. The lowest BCUT2D eigenvalue weighted by Gasteiger charge is -2.31. The SMILES string of the molecule is CCCOc1ccc(CN2CCCC(CO)C2)c(O)c1. The molecule has 0 saturated carbocycles. The number of benzene rings is 1. The normalized spacial score (nSPS) is 20.0. The Kier molecular flexibility index (Phi) is 5.68. The first-order chi connectivity index (χ1) is 9.72. The average molecular weight is 279 g/mol. The van der Waals surface area contributed by atoms with Crippen LogP contribution in [0.2, 0.25) is 0 Å². The third kappa shape index (κ3) is 4.12. The molecule has 0 aliphatic carbocycles. The van der Waals surface area contributed by atoms with Crippen LogP contribution in [0.3, 0.4) is 0 Å². The van der Waals surface area contributed by atoms with Gasteiger partial charge in [0.2, 0.25) is 0 Å². The molecule has 2 N–H and O–H groups in total. The molecule has 1 aliphatic rings. The highest BCUT2D eigenvalue weighted by Gasteiger charge is 2.20. The first kappa shape index (κ1) is 15.1. The van der Waals surface area contributed by atoms with Crippen molar-refractivity contribution in [2.75, 3.05) is 26.3 Å². The number of phenolic OH excluding ortho intramolecular Hbond substituents is 1. The molecule has 0 amide bonds. The Balaban J connectivity index is 1.95. The van der Waals surface area contributed by atoms with E-state index in [4.69, 9.17) is 4.74 Å². The minimum atomic E-state index is 0.256. The van der Waals surface area contributed by atoms with Crippen LogP contribution in [0.5, 0.6) is 11.5 Å². The molecule has 2 rings (SSSR count). The van der Waals surface area contributed by atoms with Gasteiger partial charge in [-0.3, -0.25) is 4.90 Å². The fourth-order valence-corrected chi connectivity index (χ4v) is 2.67. The molecule has 0 radical (unpaired) electrons. The Labute approximate surface area is 121 Å². The summed E-state index contributed by atoms with van der Waals surface area (Å²) >= 11 is 0. The molecule has 1 saturated heterocycles. The van der Waals surface area contributed by atoms with Crippen molar-refractivity contribution in [2.24, 2.45) is 5.92 Å². The zero-order chi connectivity index (χ0) is 14.4. The van der Waals surface area contributed by atoms with Gasteiger partial charge in [0.15, 0.2) is 0 Å². The van der Waals surface area contributed by atoms with E-state index < -0.39 is 0 Å². The van der Waals surface area contributed by atoms with E-state index in [1.165, 1.54) is 0 Å². The summed E-state index contributed by atoms with van der Waals surface area (Å²) < 4.78 is 5.51. The van der Waals surface area contributed by atoms with Gasteiger partial charge in [-0.15, -0.1) is 0 Å². The summed E-state index contributed by atoms with van der Waals surface area (Å²) in [6, 6.07) is 5.54. The molecule has 4 nitrogen and oxygen atoms in total. The standard InChI is InChI=1S/C16H25NO3/c1-2-8-20-15-6-5-14(16(19)9-15)11-17-7-3-4-13(10-17)12-18/h5-6,9,13,18-19H,2-4,7-8,10-12H2,1H3. The van der Waals surface area contributed by atoms with Crippen LogP contribution in [-0.4, -0.2) is 41.4 Å². The van der Waals surface area contributed by atoms with E-state index >= 15 is 0 Å².